The minimum Gasteiger partial charge on any atom is -0.291 e. The lowest BCUT2D eigenvalue weighted by Gasteiger charge is -2.37. The first-order valence-corrected chi connectivity index (χ1v) is 11.9. The van der Waals surface area contributed by atoms with E-state index < -0.39 is 46.8 Å². The van der Waals surface area contributed by atoms with E-state index in [4.69, 9.17) is 0 Å². The number of hydrogen-bond donors (Lipinski definition) is 0. The number of nitro benzene ring substituents is 1. The SMILES string of the molecule is O=C(CN(C(=O)c1ccc([N+](=O)[O-])cc1)N1C(=O)[C@@H]2[C@H]3C=C[C@@H]([C@@H]4C[C@H]34)[C@H]2C1=O)c1cccs1. The number of allylic oxidation sites excluding steroid dienone is 2. The van der Waals surface area contributed by atoms with Crippen LogP contribution in [0.3, 0.4) is 0 Å². The lowest BCUT2D eigenvalue weighted by molar-refractivity contribution is -0.384. The fourth-order valence-corrected chi connectivity index (χ4v) is 6.60. The highest BCUT2D eigenvalue weighted by Gasteiger charge is 2.68. The molecule has 3 amide bonds. The number of non-ortho nitro benzene ring substituents is 1. The van der Waals surface area contributed by atoms with Crippen LogP contribution in [0.2, 0.25) is 0 Å². The largest absolute Gasteiger partial charge is 0.291 e. The molecule has 7 rings (SSSR count). The fourth-order valence-electron chi connectivity index (χ4n) is 5.94. The van der Waals surface area contributed by atoms with Crippen LogP contribution in [0.25, 0.3) is 0 Å². The number of nitrogens with zero attached hydrogens (tertiary/aromatic N) is 3. The normalized spacial score (nSPS) is 30.2. The van der Waals surface area contributed by atoms with Gasteiger partial charge in [-0.3, -0.25) is 29.3 Å². The first kappa shape index (κ1) is 20.9. The number of hydrazine groups is 1. The van der Waals surface area contributed by atoms with Crippen molar-refractivity contribution >= 4 is 40.5 Å². The van der Waals surface area contributed by atoms with Crippen LogP contribution in [0.1, 0.15) is 26.5 Å². The summed E-state index contributed by atoms with van der Waals surface area (Å²) in [7, 11) is 0. The van der Waals surface area contributed by atoms with Gasteiger partial charge in [-0.15, -0.1) is 11.3 Å². The molecule has 9 nitrogen and oxygen atoms in total. The van der Waals surface area contributed by atoms with Crippen molar-refractivity contribution in [2.75, 3.05) is 6.54 Å². The van der Waals surface area contributed by atoms with E-state index in [2.05, 4.69) is 0 Å². The molecular formula is C24H19N3O6S. The van der Waals surface area contributed by atoms with Crippen molar-refractivity contribution in [3.63, 3.8) is 0 Å². The number of imide groups is 1. The fraction of sp³-hybridized carbons (Fsp3) is 0.333. The van der Waals surface area contributed by atoms with Gasteiger partial charge in [-0.2, -0.15) is 5.01 Å². The molecule has 6 atom stereocenters. The molecular weight excluding hydrogens is 458 g/mol. The molecule has 0 spiro atoms. The van der Waals surface area contributed by atoms with Crippen LogP contribution >= 0.6 is 11.3 Å². The summed E-state index contributed by atoms with van der Waals surface area (Å²) >= 11 is 1.21. The van der Waals surface area contributed by atoms with Crippen LogP contribution in [0.5, 0.6) is 0 Å². The van der Waals surface area contributed by atoms with Crippen LogP contribution < -0.4 is 0 Å². The van der Waals surface area contributed by atoms with E-state index in [1.807, 2.05) is 12.2 Å². The van der Waals surface area contributed by atoms with E-state index in [0.29, 0.717) is 16.7 Å². The van der Waals surface area contributed by atoms with Gasteiger partial charge in [0.25, 0.3) is 23.4 Å². The number of amides is 3. The number of hydrogen-bond acceptors (Lipinski definition) is 7. The van der Waals surface area contributed by atoms with E-state index in [1.165, 1.54) is 35.6 Å². The van der Waals surface area contributed by atoms with Gasteiger partial charge >= 0.3 is 0 Å². The first-order chi connectivity index (χ1) is 16.4. The smallest absolute Gasteiger partial charge is 0.273 e. The van der Waals surface area contributed by atoms with E-state index in [9.17, 15) is 29.3 Å². The second-order valence-corrected chi connectivity index (χ2v) is 10.2. The Morgan fingerprint density at radius 1 is 1.03 bits per heavy atom. The average molecular weight is 477 g/mol. The quantitative estimate of drug-likeness (QED) is 0.208. The van der Waals surface area contributed by atoms with Gasteiger partial charge in [0.1, 0.15) is 6.54 Å². The van der Waals surface area contributed by atoms with Gasteiger partial charge < -0.3 is 0 Å². The van der Waals surface area contributed by atoms with Gasteiger partial charge in [0.05, 0.1) is 21.6 Å². The molecule has 0 radical (unpaired) electrons. The Kier molecular flexibility index (Phi) is 4.57. The topological polar surface area (TPSA) is 118 Å². The predicted octanol–water partition coefficient (Wildman–Crippen LogP) is 2.95. The third-order valence-corrected chi connectivity index (χ3v) is 8.44. The average Bonchev–Trinajstić information content (AvgIpc) is 3.41. The minimum atomic E-state index is -0.731. The zero-order chi connectivity index (χ0) is 23.7. The van der Waals surface area contributed by atoms with Crippen LogP contribution in [-0.4, -0.2) is 45.0 Å². The number of nitro groups is 1. The molecule has 1 aromatic carbocycles. The van der Waals surface area contributed by atoms with Crippen molar-refractivity contribution < 1.29 is 24.1 Å². The molecule has 1 saturated heterocycles. The van der Waals surface area contributed by atoms with Crippen LogP contribution in [-0.2, 0) is 9.59 Å². The third-order valence-electron chi connectivity index (χ3n) is 7.53. The lowest BCUT2D eigenvalue weighted by atomic mass is 9.63. The summed E-state index contributed by atoms with van der Waals surface area (Å²) in [6.07, 6.45) is 5.08. The zero-order valence-electron chi connectivity index (χ0n) is 17.8. The molecule has 10 heteroatoms. The van der Waals surface area contributed by atoms with Gasteiger partial charge in [-0.25, -0.2) is 5.01 Å². The number of carbonyl (C=O) groups excluding carboxylic acids is 4. The molecule has 1 aliphatic heterocycles. The van der Waals surface area contributed by atoms with E-state index in [-0.39, 0.29) is 23.1 Å². The molecule has 0 N–H and O–H groups in total. The Bertz CT molecular complexity index is 1230. The van der Waals surface area contributed by atoms with Gasteiger partial charge in [0, 0.05) is 17.7 Å². The molecule has 4 aliphatic carbocycles. The van der Waals surface area contributed by atoms with Gasteiger partial charge in [0.15, 0.2) is 5.78 Å². The molecule has 0 unspecified atom stereocenters. The lowest BCUT2D eigenvalue weighted by Crippen LogP contribution is -2.52. The second-order valence-electron chi connectivity index (χ2n) is 9.21. The van der Waals surface area contributed by atoms with Crippen LogP contribution in [0, 0.1) is 45.6 Å². The van der Waals surface area contributed by atoms with Crippen molar-refractivity contribution in [2.45, 2.75) is 6.42 Å². The van der Waals surface area contributed by atoms with Gasteiger partial charge in [-0.1, -0.05) is 18.2 Å². The predicted molar refractivity (Wildman–Crippen MR) is 119 cm³/mol. The molecule has 5 aliphatic rings. The summed E-state index contributed by atoms with van der Waals surface area (Å²) in [6.45, 7) is -0.483. The van der Waals surface area contributed by atoms with Crippen molar-refractivity contribution in [3.8, 4) is 0 Å². The molecule has 34 heavy (non-hydrogen) atoms. The number of thiophene rings is 1. The van der Waals surface area contributed by atoms with Gasteiger partial charge in [0.2, 0.25) is 0 Å². The van der Waals surface area contributed by atoms with Crippen LogP contribution in [0.15, 0.2) is 53.9 Å². The first-order valence-electron chi connectivity index (χ1n) is 11.1. The summed E-state index contributed by atoms with van der Waals surface area (Å²) in [6, 6.07) is 8.21. The van der Waals surface area contributed by atoms with Gasteiger partial charge in [-0.05, 0) is 53.7 Å². The Balaban J connectivity index is 1.36. The molecule has 2 saturated carbocycles. The second kappa shape index (κ2) is 7.42. The number of benzene rings is 1. The number of carbonyl (C=O) groups is 4. The monoisotopic (exact) mass is 477 g/mol. The van der Waals surface area contributed by atoms with Crippen molar-refractivity contribution in [2.24, 2.45) is 35.5 Å². The van der Waals surface area contributed by atoms with E-state index in [0.717, 1.165) is 16.4 Å². The van der Waals surface area contributed by atoms with E-state index >= 15 is 0 Å². The third kappa shape index (κ3) is 2.98. The van der Waals surface area contributed by atoms with E-state index in [1.54, 1.807) is 17.5 Å². The summed E-state index contributed by atoms with van der Waals surface area (Å²) in [5.41, 5.74) is -0.150. The Morgan fingerprint density at radius 2 is 1.65 bits per heavy atom. The molecule has 172 valence electrons. The summed E-state index contributed by atoms with van der Waals surface area (Å²) in [5, 5.41) is 14.5. The standard InChI is InChI=1S/C24H19N3O6S/c28-18(19-2-1-9-34-19)11-25(22(29)12-3-5-13(6-4-12)27(32)33)26-23(30)20-14-7-8-15(17-10-16(14)17)21(20)24(26)31/h1-9,14-17,20-21H,10-11H2/t14-,15-,16-,17+,20+,21+/m0/s1. The number of ketones is 1. The zero-order valence-corrected chi connectivity index (χ0v) is 18.6. The van der Waals surface area contributed by atoms with Crippen LogP contribution in [0.4, 0.5) is 5.69 Å². The number of Topliss-reactive ketones (excluding diaryl/α,β-unsaturated/α-hetero) is 1. The molecule has 3 fully saturated rings. The van der Waals surface area contributed by atoms with Crippen molar-refractivity contribution in [1.82, 2.24) is 10.0 Å². The molecule has 1 aromatic heterocycles. The highest BCUT2D eigenvalue weighted by Crippen LogP contribution is 2.65. The van der Waals surface area contributed by atoms with Crippen molar-refractivity contribution in [1.29, 1.82) is 0 Å². The highest BCUT2D eigenvalue weighted by molar-refractivity contribution is 7.12. The maximum absolute atomic E-state index is 13.6. The molecule has 2 bridgehead atoms. The maximum atomic E-state index is 13.6. The van der Waals surface area contributed by atoms with Crippen molar-refractivity contribution in [3.05, 3.63) is 74.5 Å². The molecule has 2 aromatic rings. The Morgan fingerprint density at radius 3 is 2.18 bits per heavy atom. The summed E-state index contributed by atoms with van der Waals surface area (Å²) < 4.78 is 0. The summed E-state index contributed by atoms with van der Waals surface area (Å²) in [4.78, 5) is 64.4. The maximum Gasteiger partial charge on any atom is 0.273 e. The minimum absolute atomic E-state index is 0.0224. The Labute approximate surface area is 197 Å². The number of rotatable bonds is 6. The summed E-state index contributed by atoms with van der Waals surface area (Å²) in [5.74, 6) is -2.31. The molecule has 2 heterocycles. The highest BCUT2D eigenvalue weighted by atomic mass is 32.1. The Hall–Kier alpha value is -3.66.